The second-order valence-corrected chi connectivity index (χ2v) is 7.13. The van der Waals surface area contributed by atoms with Crippen LogP contribution in [-0.4, -0.2) is 23.1 Å². The molecule has 0 aromatic heterocycles. The fraction of sp³-hybridized carbons (Fsp3) is 0.625. The second-order valence-electron chi connectivity index (χ2n) is 5.68. The quantitative estimate of drug-likeness (QED) is 0.908. The number of rotatable bonds is 3. The highest BCUT2D eigenvalue weighted by molar-refractivity contribution is 8.00. The van der Waals surface area contributed by atoms with Gasteiger partial charge in [-0.25, -0.2) is 0 Å². The molecule has 2 heterocycles. The lowest BCUT2D eigenvalue weighted by Crippen LogP contribution is -2.48. The fourth-order valence-electron chi connectivity index (χ4n) is 3.24. The van der Waals surface area contributed by atoms with E-state index in [1.165, 1.54) is 24.2 Å². The van der Waals surface area contributed by atoms with E-state index < -0.39 is 0 Å². The molecular weight excluding hydrogens is 254 g/mol. The minimum Gasteiger partial charge on any atom is -0.486 e. The maximum absolute atomic E-state index is 6.44. The van der Waals surface area contributed by atoms with Crippen LogP contribution in [0.15, 0.2) is 24.3 Å². The largest absolute Gasteiger partial charge is 0.486 e. The van der Waals surface area contributed by atoms with Gasteiger partial charge in [0.2, 0.25) is 0 Å². The Morgan fingerprint density at radius 2 is 2.26 bits per heavy atom. The summed E-state index contributed by atoms with van der Waals surface area (Å²) in [5.41, 5.74) is 1.38. The molecule has 1 fully saturated rings. The van der Waals surface area contributed by atoms with Gasteiger partial charge in [-0.05, 0) is 38.1 Å². The number of thioether (sulfide) groups is 1. The van der Waals surface area contributed by atoms with Gasteiger partial charge in [-0.15, -0.1) is 0 Å². The molecule has 0 amide bonds. The summed E-state index contributed by atoms with van der Waals surface area (Å²) in [6.07, 6.45) is 3.46. The van der Waals surface area contributed by atoms with E-state index in [1.807, 2.05) is 0 Å². The molecule has 3 heteroatoms. The van der Waals surface area contributed by atoms with Crippen molar-refractivity contribution in [2.24, 2.45) is 0 Å². The highest BCUT2D eigenvalue weighted by Crippen LogP contribution is 2.49. The molecule has 3 unspecified atom stereocenters. The number of para-hydroxylation sites is 1. The first-order valence-electron chi connectivity index (χ1n) is 7.38. The predicted octanol–water partition coefficient (Wildman–Crippen LogP) is 3.77. The minimum absolute atomic E-state index is 0.0461. The van der Waals surface area contributed by atoms with E-state index in [4.69, 9.17) is 4.74 Å². The standard InChI is InChI=1S/C16H23NOS/c1-3-9-17-14-11-16(8-10-19-12(16)2)18-15-7-5-4-6-13(14)15/h4-7,12,14,17H,3,8-11H2,1-2H3. The Labute approximate surface area is 120 Å². The average Bonchev–Trinajstić information content (AvgIpc) is 2.77. The number of benzene rings is 1. The van der Waals surface area contributed by atoms with Crippen LogP contribution in [0.5, 0.6) is 5.75 Å². The highest BCUT2D eigenvalue weighted by atomic mass is 32.2. The van der Waals surface area contributed by atoms with Crippen LogP contribution in [0, 0.1) is 0 Å². The molecule has 3 rings (SSSR count). The Hall–Kier alpha value is -0.670. The smallest absolute Gasteiger partial charge is 0.124 e. The minimum atomic E-state index is 0.0461. The second kappa shape index (κ2) is 5.37. The fourth-order valence-corrected chi connectivity index (χ4v) is 4.63. The van der Waals surface area contributed by atoms with Crippen LogP contribution in [-0.2, 0) is 0 Å². The van der Waals surface area contributed by atoms with Crippen molar-refractivity contribution in [2.75, 3.05) is 12.3 Å². The van der Waals surface area contributed by atoms with E-state index in [-0.39, 0.29) is 5.60 Å². The third-order valence-corrected chi connectivity index (χ3v) is 5.80. The van der Waals surface area contributed by atoms with Gasteiger partial charge < -0.3 is 10.1 Å². The van der Waals surface area contributed by atoms with Gasteiger partial charge in [0.05, 0.1) is 0 Å². The Balaban J connectivity index is 1.91. The lowest BCUT2D eigenvalue weighted by molar-refractivity contribution is 0.0353. The summed E-state index contributed by atoms with van der Waals surface area (Å²) >= 11 is 2.05. The molecule has 1 aromatic carbocycles. The van der Waals surface area contributed by atoms with Crippen LogP contribution >= 0.6 is 11.8 Å². The average molecular weight is 277 g/mol. The van der Waals surface area contributed by atoms with Gasteiger partial charge in [-0.2, -0.15) is 11.8 Å². The first-order valence-corrected chi connectivity index (χ1v) is 8.43. The van der Waals surface area contributed by atoms with Crippen LogP contribution in [0.25, 0.3) is 0 Å². The molecule has 0 aliphatic carbocycles. The van der Waals surface area contributed by atoms with Gasteiger partial charge >= 0.3 is 0 Å². The summed E-state index contributed by atoms with van der Waals surface area (Å²) < 4.78 is 6.44. The Bertz CT molecular complexity index is 450. The summed E-state index contributed by atoms with van der Waals surface area (Å²) in [6.45, 7) is 5.63. The molecule has 1 aromatic rings. The van der Waals surface area contributed by atoms with Gasteiger partial charge in [-0.1, -0.05) is 25.1 Å². The van der Waals surface area contributed by atoms with E-state index >= 15 is 0 Å². The van der Waals surface area contributed by atoms with Crippen molar-refractivity contribution in [1.29, 1.82) is 0 Å². The molecule has 2 aliphatic rings. The van der Waals surface area contributed by atoms with Gasteiger partial charge in [0.25, 0.3) is 0 Å². The summed E-state index contributed by atoms with van der Waals surface area (Å²) in [5, 5.41) is 4.30. The molecule has 1 saturated heterocycles. The van der Waals surface area contributed by atoms with Crippen molar-refractivity contribution < 1.29 is 4.74 Å². The van der Waals surface area contributed by atoms with Gasteiger partial charge in [0, 0.05) is 23.3 Å². The SMILES string of the molecule is CCCNC1CC2(CCSC2C)Oc2ccccc21. The molecule has 0 bridgehead atoms. The summed E-state index contributed by atoms with van der Waals surface area (Å²) in [4.78, 5) is 0. The van der Waals surface area contributed by atoms with Crippen molar-refractivity contribution >= 4 is 11.8 Å². The molecule has 2 nitrogen and oxygen atoms in total. The van der Waals surface area contributed by atoms with E-state index in [2.05, 4.69) is 55.2 Å². The molecule has 0 radical (unpaired) electrons. The molecule has 1 spiro atoms. The summed E-state index contributed by atoms with van der Waals surface area (Å²) in [7, 11) is 0. The number of hydrogen-bond donors (Lipinski definition) is 1. The maximum atomic E-state index is 6.44. The summed E-state index contributed by atoms with van der Waals surface area (Å²) in [6, 6.07) is 9.00. The van der Waals surface area contributed by atoms with Crippen LogP contribution in [0.4, 0.5) is 0 Å². The molecule has 19 heavy (non-hydrogen) atoms. The van der Waals surface area contributed by atoms with Crippen molar-refractivity contribution in [3.8, 4) is 5.75 Å². The predicted molar refractivity (Wildman–Crippen MR) is 82.0 cm³/mol. The van der Waals surface area contributed by atoms with Crippen LogP contribution in [0.2, 0.25) is 0 Å². The van der Waals surface area contributed by atoms with Gasteiger partial charge in [-0.3, -0.25) is 0 Å². The zero-order chi connectivity index (χ0) is 13.3. The number of fused-ring (bicyclic) bond motifs is 1. The highest BCUT2D eigenvalue weighted by Gasteiger charge is 2.48. The Morgan fingerprint density at radius 3 is 3.00 bits per heavy atom. The number of hydrogen-bond acceptors (Lipinski definition) is 3. The van der Waals surface area contributed by atoms with E-state index in [9.17, 15) is 0 Å². The van der Waals surface area contributed by atoms with Crippen LogP contribution in [0.3, 0.4) is 0 Å². The lowest BCUT2D eigenvalue weighted by atomic mass is 9.83. The molecule has 1 N–H and O–H groups in total. The van der Waals surface area contributed by atoms with Crippen molar-refractivity contribution in [1.82, 2.24) is 5.32 Å². The monoisotopic (exact) mass is 277 g/mol. The molecule has 2 aliphatic heterocycles. The first-order chi connectivity index (χ1) is 9.25. The number of nitrogens with one attached hydrogen (secondary N) is 1. The van der Waals surface area contributed by atoms with E-state index in [0.717, 1.165) is 18.7 Å². The Kier molecular flexibility index (Phi) is 3.77. The van der Waals surface area contributed by atoms with Crippen molar-refractivity contribution in [3.63, 3.8) is 0 Å². The number of ether oxygens (including phenoxy) is 1. The zero-order valence-electron chi connectivity index (χ0n) is 11.8. The lowest BCUT2D eigenvalue weighted by Gasteiger charge is -2.42. The first kappa shape index (κ1) is 13.3. The topological polar surface area (TPSA) is 21.3 Å². The normalized spacial score (nSPS) is 33.2. The maximum Gasteiger partial charge on any atom is 0.124 e. The molecule has 0 saturated carbocycles. The third kappa shape index (κ3) is 2.38. The van der Waals surface area contributed by atoms with Crippen LogP contribution < -0.4 is 10.1 Å². The molecule has 3 atom stereocenters. The van der Waals surface area contributed by atoms with Gasteiger partial charge in [0.15, 0.2) is 0 Å². The van der Waals surface area contributed by atoms with Crippen LogP contribution in [0.1, 0.15) is 44.7 Å². The third-order valence-electron chi connectivity index (χ3n) is 4.43. The van der Waals surface area contributed by atoms with Crippen molar-refractivity contribution in [3.05, 3.63) is 29.8 Å². The summed E-state index contributed by atoms with van der Waals surface area (Å²) in [5.74, 6) is 2.32. The van der Waals surface area contributed by atoms with Crippen molar-refractivity contribution in [2.45, 2.75) is 50.0 Å². The molecular formula is C16H23NOS. The van der Waals surface area contributed by atoms with Gasteiger partial charge in [0.1, 0.15) is 11.4 Å². The van der Waals surface area contributed by atoms with E-state index in [1.54, 1.807) is 0 Å². The Morgan fingerprint density at radius 1 is 1.42 bits per heavy atom. The zero-order valence-corrected chi connectivity index (χ0v) is 12.6. The van der Waals surface area contributed by atoms with E-state index in [0.29, 0.717) is 11.3 Å². The molecule has 104 valence electrons.